The van der Waals surface area contributed by atoms with E-state index in [2.05, 4.69) is 10.5 Å². The summed E-state index contributed by atoms with van der Waals surface area (Å²) in [5.41, 5.74) is 3.34. The molecule has 102 valence electrons. The van der Waals surface area contributed by atoms with Gasteiger partial charge in [-0.3, -0.25) is 4.79 Å². The fourth-order valence-electron chi connectivity index (χ4n) is 1.42. The second-order valence-corrected chi connectivity index (χ2v) is 4.69. The number of carbonyl (C=O) groups excluding carboxylic acids is 1. The number of halogens is 3. The minimum absolute atomic E-state index is 0.317. The lowest BCUT2D eigenvalue weighted by Crippen LogP contribution is -2.17. The summed E-state index contributed by atoms with van der Waals surface area (Å²) in [7, 11) is 0. The van der Waals surface area contributed by atoms with Crippen molar-refractivity contribution in [2.24, 2.45) is 5.10 Å². The normalized spacial score (nSPS) is 10.8. The first-order chi connectivity index (χ1) is 9.56. The van der Waals surface area contributed by atoms with E-state index in [1.807, 2.05) is 0 Å². The molecule has 0 aliphatic rings. The van der Waals surface area contributed by atoms with Crippen LogP contribution in [-0.2, 0) is 0 Å². The Labute approximate surface area is 125 Å². The molecule has 1 N–H and O–H groups in total. The molecule has 1 amide bonds. The lowest BCUT2D eigenvalue weighted by atomic mass is 10.2. The summed E-state index contributed by atoms with van der Waals surface area (Å²) < 4.78 is 12.7. The molecule has 2 aromatic carbocycles. The Balaban J connectivity index is 2.00. The van der Waals surface area contributed by atoms with Gasteiger partial charge in [-0.1, -0.05) is 29.3 Å². The molecule has 20 heavy (non-hydrogen) atoms. The highest BCUT2D eigenvalue weighted by atomic mass is 35.5. The van der Waals surface area contributed by atoms with Gasteiger partial charge in [0.1, 0.15) is 5.82 Å². The molecular formula is C14H9Cl2FN2O. The van der Waals surface area contributed by atoms with E-state index in [0.717, 1.165) is 0 Å². The molecule has 0 radical (unpaired) electrons. The predicted molar refractivity (Wildman–Crippen MR) is 77.9 cm³/mol. The van der Waals surface area contributed by atoms with Crippen LogP contribution < -0.4 is 5.43 Å². The van der Waals surface area contributed by atoms with Crippen LogP contribution >= 0.6 is 23.2 Å². The van der Waals surface area contributed by atoms with E-state index in [-0.39, 0.29) is 0 Å². The number of nitrogens with one attached hydrogen (secondary N) is 1. The van der Waals surface area contributed by atoms with E-state index in [0.29, 0.717) is 21.2 Å². The van der Waals surface area contributed by atoms with Crippen molar-refractivity contribution in [3.8, 4) is 0 Å². The zero-order valence-corrected chi connectivity index (χ0v) is 11.6. The molecule has 0 atom stereocenters. The fourth-order valence-corrected chi connectivity index (χ4v) is 1.73. The molecule has 0 saturated heterocycles. The summed E-state index contributed by atoms with van der Waals surface area (Å²) in [6.45, 7) is 0. The zero-order chi connectivity index (χ0) is 14.5. The van der Waals surface area contributed by atoms with E-state index in [4.69, 9.17) is 23.2 Å². The van der Waals surface area contributed by atoms with Gasteiger partial charge in [-0.25, -0.2) is 9.82 Å². The van der Waals surface area contributed by atoms with E-state index in [1.165, 1.54) is 30.5 Å². The molecule has 0 aliphatic heterocycles. The maximum atomic E-state index is 12.7. The molecule has 0 bridgehead atoms. The third kappa shape index (κ3) is 3.79. The second-order valence-electron chi connectivity index (χ2n) is 3.88. The summed E-state index contributed by atoms with van der Waals surface area (Å²) in [5.74, 6) is -0.831. The van der Waals surface area contributed by atoms with Crippen molar-refractivity contribution in [1.29, 1.82) is 0 Å². The van der Waals surface area contributed by atoms with Gasteiger partial charge in [0.05, 0.1) is 16.3 Å². The average Bonchev–Trinajstić information content (AvgIpc) is 2.43. The quantitative estimate of drug-likeness (QED) is 0.678. The van der Waals surface area contributed by atoms with Crippen LogP contribution in [0.1, 0.15) is 15.9 Å². The van der Waals surface area contributed by atoms with Gasteiger partial charge in [-0.2, -0.15) is 5.10 Å². The van der Waals surface area contributed by atoms with Gasteiger partial charge in [-0.15, -0.1) is 0 Å². The van der Waals surface area contributed by atoms with Crippen LogP contribution in [0.4, 0.5) is 4.39 Å². The van der Waals surface area contributed by atoms with Crippen molar-refractivity contribution in [3.63, 3.8) is 0 Å². The van der Waals surface area contributed by atoms with Crippen LogP contribution in [0.15, 0.2) is 47.6 Å². The highest BCUT2D eigenvalue weighted by Crippen LogP contribution is 2.21. The third-order valence-electron chi connectivity index (χ3n) is 2.43. The van der Waals surface area contributed by atoms with Crippen LogP contribution in [0.3, 0.4) is 0 Å². The predicted octanol–water partition coefficient (Wildman–Crippen LogP) is 3.90. The molecule has 0 saturated carbocycles. The lowest BCUT2D eigenvalue weighted by Gasteiger charge is -2.00. The third-order valence-corrected chi connectivity index (χ3v) is 3.17. The SMILES string of the molecule is O=C(N/N=C/c1ccc(Cl)c(Cl)c1)c1ccc(F)cc1. The van der Waals surface area contributed by atoms with Crippen LogP contribution in [0, 0.1) is 5.82 Å². The van der Waals surface area contributed by atoms with Gasteiger partial charge >= 0.3 is 0 Å². The molecule has 0 aliphatic carbocycles. The standard InChI is InChI=1S/C14H9Cl2FN2O/c15-12-6-1-9(7-13(12)16)8-18-19-14(20)10-2-4-11(17)5-3-10/h1-8H,(H,19,20)/b18-8+. The van der Waals surface area contributed by atoms with Gasteiger partial charge in [0, 0.05) is 5.56 Å². The van der Waals surface area contributed by atoms with Crippen LogP contribution in [0.25, 0.3) is 0 Å². The molecular weight excluding hydrogens is 302 g/mol. The van der Waals surface area contributed by atoms with Gasteiger partial charge in [0.15, 0.2) is 0 Å². The number of rotatable bonds is 3. The molecule has 0 spiro atoms. The fraction of sp³-hybridized carbons (Fsp3) is 0. The highest BCUT2D eigenvalue weighted by Gasteiger charge is 2.03. The maximum Gasteiger partial charge on any atom is 0.271 e. The number of hydrazone groups is 1. The van der Waals surface area contributed by atoms with Crippen molar-refractivity contribution in [2.45, 2.75) is 0 Å². The molecule has 2 aromatic rings. The second kappa shape index (κ2) is 6.50. The van der Waals surface area contributed by atoms with Crippen molar-refractivity contribution in [3.05, 3.63) is 69.5 Å². The molecule has 0 aromatic heterocycles. The number of hydrogen-bond acceptors (Lipinski definition) is 2. The Hall–Kier alpha value is -1.91. The first-order valence-corrected chi connectivity index (χ1v) is 6.36. The Bertz CT molecular complexity index is 657. The van der Waals surface area contributed by atoms with Crippen LogP contribution in [0.2, 0.25) is 10.0 Å². The smallest absolute Gasteiger partial charge is 0.267 e. The van der Waals surface area contributed by atoms with Crippen molar-refractivity contribution < 1.29 is 9.18 Å². The molecule has 0 unspecified atom stereocenters. The van der Waals surface area contributed by atoms with Gasteiger partial charge < -0.3 is 0 Å². The van der Waals surface area contributed by atoms with Crippen molar-refractivity contribution >= 4 is 35.3 Å². The van der Waals surface area contributed by atoms with Crippen molar-refractivity contribution in [2.75, 3.05) is 0 Å². The topological polar surface area (TPSA) is 41.5 Å². The molecule has 3 nitrogen and oxygen atoms in total. The maximum absolute atomic E-state index is 12.7. The monoisotopic (exact) mass is 310 g/mol. The van der Waals surface area contributed by atoms with Crippen LogP contribution in [0.5, 0.6) is 0 Å². The van der Waals surface area contributed by atoms with E-state index in [9.17, 15) is 9.18 Å². The molecule has 0 heterocycles. The first-order valence-electron chi connectivity index (χ1n) is 5.60. The number of benzene rings is 2. The number of nitrogens with zero attached hydrogens (tertiary/aromatic N) is 1. The largest absolute Gasteiger partial charge is 0.271 e. The Morgan fingerprint density at radius 1 is 1.10 bits per heavy atom. The van der Waals surface area contributed by atoms with Gasteiger partial charge in [-0.05, 0) is 42.0 Å². The summed E-state index contributed by atoms with van der Waals surface area (Å²) in [5, 5.41) is 4.64. The summed E-state index contributed by atoms with van der Waals surface area (Å²) in [6, 6.07) is 10.1. The molecule has 0 fully saturated rings. The number of hydrogen-bond donors (Lipinski definition) is 1. The number of amides is 1. The van der Waals surface area contributed by atoms with Gasteiger partial charge in [0.25, 0.3) is 5.91 Å². The van der Waals surface area contributed by atoms with Gasteiger partial charge in [0.2, 0.25) is 0 Å². The summed E-state index contributed by atoms with van der Waals surface area (Å²) >= 11 is 11.6. The number of carbonyl (C=O) groups is 1. The molecule has 6 heteroatoms. The average molecular weight is 311 g/mol. The minimum atomic E-state index is -0.429. The lowest BCUT2D eigenvalue weighted by molar-refractivity contribution is 0.0955. The minimum Gasteiger partial charge on any atom is -0.267 e. The summed E-state index contributed by atoms with van der Waals surface area (Å²) in [6.07, 6.45) is 1.43. The zero-order valence-electron chi connectivity index (χ0n) is 10.1. The first kappa shape index (κ1) is 14.5. The van der Waals surface area contributed by atoms with Crippen molar-refractivity contribution in [1.82, 2.24) is 5.43 Å². The van der Waals surface area contributed by atoms with E-state index < -0.39 is 11.7 Å². The Morgan fingerprint density at radius 2 is 1.80 bits per heavy atom. The van der Waals surface area contributed by atoms with E-state index >= 15 is 0 Å². The molecule has 2 rings (SSSR count). The van der Waals surface area contributed by atoms with E-state index in [1.54, 1.807) is 18.2 Å². The Morgan fingerprint density at radius 3 is 2.45 bits per heavy atom. The van der Waals surface area contributed by atoms with Crippen LogP contribution in [-0.4, -0.2) is 12.1 Å². The summed E-state index contributed by atoms with van der Waals surface area (Å²) in [4.78, 5) is 11.7. The highest BCUT2D eigenvalue weighted by molar-refractivity contribution is 6.42. The Kier molecular flexibility index (Phi) is 4.71.